The Balaban J connectivity index is 2.39. The first-order valence-corrected chi connectivity index (χ1v) is 7.32. The van der Waals surface area contributed by atoms with Gasteiger partial charge in [-0.3, -0.25) is 9.59 Å². The molecule has 0 N–H and O–H groups in total. The zero-order valence-corrected chi connectivity index (χ0v) is 13.9. The molecule has 0 unspecified atom stereocenters. The lowest BCUT2D eigenvalue weighted by Crippen LogP contribution is -2.25. The van der Waals surface area contributed by atoms with Gasteiger partial charge in [-0.2, -0.15) is 0 Å². The van der Waals surface area contributed by atoms with E-state index in [2.05, 4.69) is 4.74 Å². The summed E-state index contributed by atoms with van der Waals surface area (Å²) < 4.78 is 42.9. The molecule has 0 amide bonds. The van der Waals surface area contributed by atoms with Crippen molar-refractivity contribution < 1.29 is 37.4 Å². The normalized spacial score (nSPS) is 12.3. The van der Waals surface area contributed by atoms with Gasteiger partial charge in [0, 0.05) is 11.1 Å². The molecule has 0 spiro atoms. The number of carbonyl (C=O) groups is 3. The van der Waals surface area contributed by atoms with E-state index in [1.54, 1.807) is 0 Å². The van der Waals surface area contributed by atoms with E-state index in [-0.39, 0.29) is 16.7 Å². The Morgan fingerprint density at radius 1 is 0.885 bits per heavy atom. The number of rotatable bonds is 3. The molecule has 0 aliphatic heterocycles. The molecule has 6 nitrogen and oxygen atoms in total. The average Bonchev–Trinajstić information content (AvgIpc) is 2.64. The minimum atomic E-state index is -1.15. The molecule has 134 valence electrons. The topological polar surface area (TPSA) is 78.9 Å². The maximum absolute atomic E-state index is 14.6. The van der Waals surface area contributed by atoms with E-state index in [1.807, 2.05) is 0 Å². The molecule has 26 heavy (non-hydrogen) atoms. The van der Waals surface area contributed by atoms with Crippen molar-refractivity contribution in [2.75, 3.05) is 21.3 Å². The zero-order valence-electron chi connectivity index (χ0n) is 13.9. The van der Waals surface area contributed by atoms with Crippen LogP contribution in [0.2, 0.25) is 0 Å². The number of methoxy groups -OCH3 is 3. The molecule has 0 saturated carbocycles. The molecule has 0 saturated heterocycles. The Labute approximate surface area is 146 Å². The fourth-order valence-corrected chi connectivity index (χ4v) is 2.93. The number of halogens is 2. The van der Waals surface area contributed by atoms with E-state index in [1.165, 1.54) is 0 Å². The van der Waals surface area contributed by atoms with E-state index in [0.29, 0.717) is 0 Å². The summed E-state index contributed by atoms with van der Waals surface area (Å²) >= 11 is 0. The van der Waals surface area contributed by atoms with Gasteiger partial charge in [-0.15, -0.1) is 0 Å². The molecule has 0 heterocycles. The van der Waals surface area contributed by atoms with Gasteiger partial charge in [0.25, 0.3) is 0 Å². The highest BCUT2D eigenvalue weighted by Gasteiger charge is 2.39. The number of hydrogen-bond donors (Lipinski definition) is 0. The third kappa shape index (κ3) is 2.26. The smallest absolute Gasteiger partial charge is 0.341 e. The van der Waals surface area contributed by atoms with Crippen LogP contribution in [-0.4, -0.2) is 38.9 Å². The van der Waals surface area contributed by atoms with Crippen LogP contribution in [0.1, 0.15) is 42.2 Å². The lowest BCUT2D eigenvalue weighted by atomic mass is 9.82. The summed E-state index contributed by atoms with van der Waals surface area (Å²) in [6.07, 6.45) is 0. The van der Waals surface area contributed by atoms with Crippen LogP contribution in [0.5, 0.6) is 11.5 Å². The number of carbonyl (C=O) groups excluding carboxylic acids is 3. The summed E-state index contributed by atoms with van der Waals surface area (Å²) in [6, 6.07) is 3.04. The van der Waals surface area contributed by atoms with Crippen molar-refractivity contribution in [2.45, 2.75) is 0 Å². The van der Waals surface area contributed by atoms with Crippen LogP contribution < -0.4 is 9.47 Å². The molecule has 2 aromatic carbocycles. The minimum Gasteiger partial charge on any atom is -0.493 e. The second-order valence-electron chi connectivity index (χ2n) is 5.35. The highest BCUT2D eigenvalue weighted by atomic mass is 19.1. The number of fused-ring (bicyclic) bond motifs is 2. The Morgan fingerprint density at radius 2 is 1.50 bits per heavy atom. The monoisotopic (exact) mass is 362 g/mol. The van der Waals surface area contributed by atoms with E-state index in [0.717, 1.165) is 39.5 Å². The molecule has 8 heteroatoms. The first-order valence-electron chi connectivity index (χ1n) is 7.32. The van der Waals surface area contributed by atoms with Crippen LogP contribution in [-0.2, 0) is 4.74 Å². The molecule has 2 aromatic rings. The molecular weight excluding hydrogens is 350 g/mol. The van der Waals surface area contributed by atoms with Crippen LogP contribution in [0.15, 0.2) is 18.2 Å². The number of benzene rings is 2. The largest absolute Gasteiger partial charge is 0.493 e. The molecule has 0 atom stereocenters. The fraction of sp³-hybridized carbons (Fsp3) is 0.167. The standard InChI is InChI=1S/C18H12F2O6/c1-24-16-10(19)5-4-7-11(16)15(22)12-8(14(7)21)6-9(18(23)26-3)13(20)17(12)25-2/h4-6H,1-3H3. The van der Waals surface area contributed by atoms with Gasteiger partial charge in [-0.05, 0) is 18.2 Å². The Hall–Kier alpha value is -3.29. The van der Waals surface area contributed by atoms with E-state index >= 15 is 0 Å². The van der Waals surface area contributed by atoms with Crippen molar-refractivity contribution in [3.8, 4) is 11.5 Å². The Bertz CT molecular complexity index is 980. The van der Waals surface area contributed by atoms with Gasteiger partial charge >= 0.3 is 5.97 Å². The van der Waals surface area contributed by atoms with Crippen molar-refractivity contribution in [3.05, 3.63) is 57.7 Å². The number of ketones is 2. The highest BCUT2D eigenvalue weighted by Crippen LogP contribution is 2.40. The second-order valence-corrected chi connectivity index (χ2v) is 5.35. The van der Waals surface area contributed by atoms with Gasteiger partial charge < -0.3 is 14.2 Å². The number of hydrogen-bond acceptors (Lipinski definition) is 6. The summed E-state index contributed by atoms with van der Waals surface area (Å²) in [6.45, 7) is 0. The molecular formula is C18H12F2O6. The quantitative estimate of drug-likeness (QED) is 0.667. The number of esters is 1. The lowest BCUT2D eigenvalue weighted by Gasteiger charge is -2.22. The minimum absolute atomic E-state index is 0.120. The summed E-state index contributed by atoms with van der Waals surface area (Å²) in [5.41, 5.74) is -1.64. The van der Waals surface area contributed by atoms with Gasteiger partial charge in [-0.25, -0.2) is 13.6 Å². The molecule has 3 rings (SSSR count). The zero-order chi connectivity index (χ0) is 19.2. The van der Waals surface area contributed by atoms with Gasteiger partial charge in [0.2, 0.25) is 5.78 Å². The van der Waals surface area contributed by atoms with Crippen molar-refractivity contribution >= 4 is 17.5 Å². The average molecular weight is 362 g/mol. The van der Waals surface area contributed by atoms with Gasteiger partial charge in [-0.1, -0.05) is 0 Å². The summed E-state index contributed by atoms with van der Waals surface area (Å²) in [4.78, 5) is 37.5. The fourth-order valence-electron chi connectivity index (χ4n) is 2.93. The lowest BCUT2D eigenvalue weighted by molar-refractivity contribution is 0.0594. The summed E-state index contributed by atoms with van der Waals surface area (Å²) in [7, 11) is 3.27. The van der Waals surface area contributed by atoms with E-state index in [4.69, 9.17) is 9.47 Å². The molecule has 0 bridgehead atoms. The predicted octanol–water partition coefficient (Wildman–Crippen LogP) is 2.54. The maximum atomic E-state index is 14.6. The summed E-state index contributed by atoms with van der Waals surface area (Å²) in [5, 5.41) is 0. The van der Waals surface area contributed by atoms with Crippen molar-refractivity contribution in [2.24, 2.45) is 0 Å². The Kier molecular flexibility index (Phi) is 4.19. The first-order chi connectivity index (χ1) is 12.4. The molecule has 1 aliphatic carbocycles. The third-order valence-corrected chi connectivity index (χ3v) is 4.09. The molecule has 0 radical (unpaired) electrons. The van der Waals surface area contributed by atoms with E-state index in [9.17, 15) is 23.2 Å². The molecule has 0 aromatic heterocycles. The van der Waals surface area contributed by atoms with E-state index < -0.39 is 51.8 Å². The van der Waals surface area contributed by atoms with Crippen LogP contribution in [0.3, 0.4) is 0 Å². The van der Waals surface area contributed by atoms with Gasteiger partial charge in [0.05, 0.1) is 38.0 Å². The maximum Gasteiger partial charge on any atom is 0.341 e. The summed E-state index contributed by atoms with van der Waals surface area (Å²) in [5.74, 6) is -5.61. The van der Waals surface area contributed by atoms with Crippen LogP contribution in [0.25, 0.3) is 0 Å². The van der Waals surface area contributed by atoms with Crippen molar-refractivity contribution in [1.29, 1.82) is 0 Å². The SMILES string of the molecule is COC(=O)c1cc2c(c(OC)c1F)C(=O)c1c(ccc(F)c1OC)C2=O. The second kappa shape index (κ2) is 6.21. The molecule has 0 fully saturated rings. The third-order valence-electron chi connectivity index (χ3n) is 4.09. The van der Waals surface area contributed by atoms with Crippen molar-refractivity contribution in [3.63, 3.8) is 0 Å². The van der Waals surface area contributed by atoms with Gasteiger partial charge in [0.15, 0.2) is 28.9 Å². The van der Waals surface area contributed by atoms with Crippen LogP contribution >= 0.6 is 0 Å². The highest BCUT2D eigenvalue weighted by molar-refractivity contribution is 6.30. The predicted molar refractivity (Wildman–Crippen MR) is 84.1 cm³/mol. The van der Waals surface area contributed by atoms with Crippen LogP contribution in [0.4, 0.5) is 8.78 Å². The Morgan fingerprint density at radius 3 is 2.08 bits per heavy atom. The number of ether oxygens (including phenoxy) is 3. The first kappa shape index (κ1) is 17.5. The van der Waals surface area contributed by atoms with Crippen molar-refractivity contribution in [1.82, 2.24) is 0 Å². The molecule has 1 aliphatic rings. The van der Waals surface area contributed by atoms with Gasteiger partial charge in [0.1, 0.15) is 0 Å². The van der Waals surface area contributed by atoms with Crippen LogP contribution in [0, 0.1) is 11.6 Å².